The number of nitrogens with zero attached hydrogens (tertiary/aromatic N) is 4. The fourth-order valence-corrected chi connectivity index (χ4v) is 3.73. The zero-order valence-corrected chi connectivity index (χ0v) is 18.2. The smallest absolute Gasteiger partial charge is 0.203 e. The van der Waals surface area contributed by atoms with E-state index >= 15 is 0 Å². The number of benzene rings is 2. The molecule has 0 unspecified atom stereocenters. The molecule has 7 heteroatoms. The maximum absolute atomic E-state index is 5.50. The van der Waals surface area contributed by atoms with Crippen molar-refractivity contribution in [2.45, 2.75) is 0 Å². The normalized spacial score (nSPS) is 14.7. The van der Waals surface area contributed by atoms with Gasteiger partial charge in [0.1, 0.15) is 5.75 Å². The topological polar surface area (TPSA) is 45.6 Å². The molecule has 1 aliphatic heterocycles. The Labute approximate surface area is 176 Å². The van der Waals surface area contributed by atoms with Gasteiger partial charge in [-0.25, -0.2) is 4.98 Å². The summed E-state index contributed by atoms with van der Waals surface area (Å²) in [6.45, 7) is 6.07. The number of imidazole rings is 1. The van der Waals surface area contributed by atoms with E-state index in [2.05, 4.69) is 62.0 Å². The van der Waals surface area contributed by atoms with Gasteiger partial charge in [0, 0.05) is 46.3 Å². The van der Waals surface area contributed by atoms with Crippen LogP contribution in [-0.4, -0.2) is 60.8 Å². The van der Waals surface area contributed by atoms with Gasteiger partial charge in [0.25, 0.3) is 0 Å². The SMILES string of the molecule is Br.COc1ccccc1N1CCN(CCNc2nc3ccccc3n2C)CC1. The molecule has 0 saturated carbocycles. The third kappa shape index (κ3) is 4.25. The van der Waals surface area contributed by atoms with Crippen molar-refractivity contribution in [3.8, 4) is 5.75 Å². The molecule has 1 aliphatic rings. The van der Waals surface area contributed by atoms with Crippen LogP contribution in [0.1, 0.15) is 0 Å². The third-order valence-electron chi connectivity index (χ3n) is 5.30. The highest BCUT2D eigenvalue weighted by molar-refractivity contribution is 8.93. The molecule has 150 valence electrons. The highest BCUT2D eigenvalue weighted by Gasteiger charge is 2.19. The summed E-state index contributed by atoms with van der Waals surface area (Å²) in [5.74, 6) is 1.89. The second-order valence-corrected chi connectivity index (χ2v) is 6.91. The second kappa shape index (κ2) is 9.30. The first kappa shape index (κ1) is 20.5. The number of anilines is 2. The minimum Gasteiger partial charge on any atom is -0.495 e. The van der Waals surface area contributed by atoms with E-state index in [1.807, 2.05) is 18.2 Å². The van der Waals surface area contributed by atoms with Crippen molar-refractivity contribution < 1.29 is 4.74 Å². The number of fused-ring (bicyclic) bond motifs is 1. The van der Waals surface area contributed by atoms with E-state index in [4.69, 9.17) is 4.74 Å². The Morgan fingerprint density at radius 1 is 1.00 bits per heavy atom. The molecular formula is C21H28BrN5O. The van der Waals surface area contributed by atoms with Gasteiger partial charge in [-0.1, -0.05) is 24.3 Å². The van der Waals surface area contributed by atoms with Crippen molar-refractivity contribution in [2.75, 3.05) is 56.6 Å². The number of piperazine rings is 1. The fourth-order valence-electron chi connectivity index (χ4n) is 3.73. The Hall–Kier alpha value is -2.25. The molecule has 1 N–H and O–H groups in total. The molecule has 1 saturated heterocycles. The van der Waals surface area contributed by atoms with Crippen LogP contribution in [0.15, 0.2) is 48.5 Å². The summed E-state index contributed by atoms with van der Waals surface area (Å²) in [7, 11) is 3.80. The van der Waals surface area contributed by atoms with Gasteiger partial charge in [0.05, 0.1) is 23.8 Å². The van der Waals surface area contributed by atoms with Crippen LogP contribution in [0, 0.1) is 0 Å². The zero-order valence-electron chi connectivity index (χ0n) is 16.5. The van der Waals surface area contributed by atoms with Gasteiger partial charge in [-0.2, -0.15) is 0 Å². The molecule has 6 nitrogen and oxygen atoms in total. The monoisotopic (exact) mass is 445 g/mol. The van der Waals surface area contributed by atoms with E-state index in [0.29, 0.717) is 0 Å². The van der Waals surface area contributed by atoms with Crippen LogP contribution in [0.2, 0.25) is 0 Å². The number of aryl methyl sites for hydroxylation is 1. The molecule has 0 atom stereocenters. The average Bonchev–Trinajstić information content (AvgIpc) is 3.04. The minimum atomic E-state index is 0. The number of para-hydroxylation sites is 4. The summed E-state index contributed by atoms with van der Waals surface area (Å²) in [5.41, 5.74) is 3.39. The average molecular weight is 446 g/mol. The van der Waals surface area contributed by atoms with E-state index in [0.717, 1.165) is 62.0 Å². The molecule has 4 rings (SSSR count). The minimum absolute atomic E-state index is 0. The van der Waals surface area contributed by atoms with Crippen LogP contribution in [-0.2, 0) is 7.05 Å². The summed E-state index contributed by atoms with van der Waals surface area (Å²) in [5, 5.41) is 3.49. The number of aromatic nitrogens is 2. The maximum Gasteiger partial charge on any atom is 0.203 e. The van der Waals surface area contributed by atoms with Crippen molar-refractivity contribution in [3.63, 3.8) is 0 Å². The lowest BCUT2D eigenvalue weighted by Crippen LogP contribution is -2.47. The highest BCUT2D eigenvalue weighted by Crippen LogP contribution is 2.28. The van der Waals surface area contributed by atoms with E-state index in [9.17, 15) is 0 Å². The molecule has 1 aromatic heterocycles. The second-order valence-electron chi connectivity index (χ2n) is 6.91. The van der Waals surface area contributed by atoms with Crippen LogP contribution in [0.25, 0.3) is 11.0 Å². The largest absolute Gasteiger partial charge is 0.495 e. The van der Waals surface area contributed by atoms with Crippen molar-refractivity contribution in [2.24, 2.45) is 7.05 Å². The van der Waals surface area contributed by atoms with Crippen LogP contribution in [0.4, 0.5) is 11.6 Å². The van der Waals surface area contributed by atoms with Crippen LogP contribution in [0.3, 0.4) is 0 Å². The van der Waals surface area contributed by atoms with Crippen molar-refractivity contribution in [3.05, 3.63) is 48.5 Å². The van der Waals surface area contributed by atoms with Gasteiger partial charge < -0.3 is 19.5 Å². The van der Waals surface area contributed by atoms with E-state index < -0.39 is 0 Å². The first-order valence-corrected chi connectivity index (χ1v) is 9.52. The quantitative estimate of drug-likeness (QED) is 0.629. The lowest BCUT2D eigenvalue weighted by atomic mass is 10.2. The molecule has 0 bridgehead atoms. The first-order chi connectivity index (χ1) is 13.3. The Morgan fingerprint density at radius 3 is 2.46 bits per heavy atom. The van der Waals surface area contributed by atoms with Crippen LogP contribution >= 0.6 is 17.0 Å². The molecule has 1 fully saturated rings. The molecule has 0 spiro atoms. The standard InChI is InChI=1S/C21H27N5O.BrH/c1-24-18-8-4-3-7-17(18)23-21(24)22-11-12-25-13-15-26(16-14-25)19-9-5-6-10-20(19)27-2;/h3-10H,11-16H2,1-2H3,(H,22,23);1H. The highest BCUT2D eigenvalue weighted by atomic mass is 79.9. The van der Waals surface area contributed by atoms with Gasteiger partial charge in [-0.05, 0) is 24.3 Å². The van der Waals surface area contributed by atoms with Crippen molar-refractivity contribution in [1.29, 1.82) is 0 Å². The van der Waals surface area contributed by atoms with Gasteiger partial charge in [-0.3, -0.25) is 4.90 Å². The van der Waals surface area contributed by atoms with Crippen molar-refractivity contribution >= 4 is 39.7 Å². The predicted molar refractivity (Wildman–Crippen MR) is 121 cm³/mol. The molecular weight excluding hydrogens is 418 g/mol. The number of nitrogens with one attached hydrogen (secondary N) is 1. The number of rotatable bonds is 6. The van der Waals surface area contributed by atoms with Gasteiger partial charge in [0.15, 0.2) is 0 Å². The van der Waals surface area contributed by atoms with Crippen LogP contribution < -0.4 is 15.0 Å². The lowest BCUT2D eigenvalue weighted by molar-refractivity contribution is 0.266. The Bertz CT molecular complexity index is 905. The summed E-state index contributed by atoms with van der Waals surface area (Å²) in [6, 6.07) is 16.5. The number of hydrogen-bond donors (Lipinski definition) is 1. The Balaban J connectivity index is 0.00000225. The molecule has 28 heavy (non-hydrogen) atoms. The summed E-state index contributed by atoms with van der Waals surface area (Å²) < 4.78 is 7.62. The first-order valence-electron chi connectivity index (χ1n) is 9.52. The molecule has 0 radical (unpaired) electrons. The molecule has 0 aliphatic carbocycles. The fraction of sp³-hybridized carbons (Fsp3) is 0.381. The number of hydrogen-bond acceptors (Lipinski definition) is 5. The summed E-state index contributed by atoms with van der Waals surface area (Å²) >= 11 is 0. The Kier molecular flexibility index (Phi) is 6.80. The van der Waals surface area contributed by atoms with Gasteiger partial charge in [0.2, 0.25) is 5.95 Å². The number of ether oxygens (including phenoxy) is 1. The Morgan fingerprint density at radius 2 is 1.71 bits per heavy atom. The molecule has 3 aromatic rings. The van der Waals surface area contributed by atoms with Gasteiger partial charge >= 0.3 is 0 Å². The van der Waals surface area contributed by atoms with Crippen molar-refractivity contribution in [1.82, 2.24) is 14.5 Å². The number of halogens is 1. The lowest BCUT2D eigenvalue weighted by Gasteiger charge is -2.36. The van der Waals surface area contributed by atoms with E-state index in [1.54, 1.807) is 7.11 Å². The molecule has 2 aromatic carbocycles. The predicted octanol–water partition coefficient (Wildman–Crippen LogP) is 3.39. The summed E-state index contributed by atoms with van der Waals surface area (Å²) in [6.07, 6.45) is 0. The third-order valence-corrected chi connectivity index (χ3v) is 5.30. The maximum atomic E-state index is 5.50. The zero-order chi connectivity index (χ0) is 18.6. The van der Waals surface area contributed by atoms with E-state index in [1.165, 1.54) is 5.69 Å². The summed E-state index contributed by atoms with van der Waals surface area (Å²) in [4.78, 5) is 9.59. The number of methoxy groups -OCH3 is 1. The molecule has 0 amide bonds. The molecule has 2 heterocycles. The van der Waals surface area contributed by atoms with Crippen LogP contribution in [0.5, 0.6) is 5.75 Å². The van der Waals surface area contributed by atoms with E-state index in [-0.39, 0.29) is 17.0 Å². The van der Waals surface area contributed by atoms with Gasteiger partial charge in [-0.15, -0.1) is 17.0 Å².